The third-order valence-electron chi connectivity index (χ3n) is 4.12. The predicted molar refractivity (Wildman–Crippen MR) is 98.8 cm³/mol. The summed E-state index contributed by atoms with van der Waals surface area (Å²) >= 11 is 6.01. The first-order valence-corrected chi connectivity index (χ1v) is 8.29. The number of rotatable bonds is 8. The van der Waals surface area contributed by atoms with Gasteiger partial charge in [-0.2, -0.15) is 0 Å². The Morgan fingerprint density at radius 2 is 1.96 bits per heavy atom. The molecule has 1 aromatic rings. The Balaban J connectivity index is 2.77. The van der Waals surface area contributed by atoms with Gasteiger partial charge in [0, 0.05) is 11.1 Å². The summed E-state index contributed by atoms with van der Waals surface area (Å²) in [5.41, 5.74) is 8.03. The SMILES string of the molecule is C/C=C(Cl)\C=C(/C)c1ccc(C[C@@H](N)C[C@@](C)(CO)C(=O)O)cc1. The van der Waals surface area contributed by atoms with Gasteiger partial charge in [-0.3, -0.25) is 4.79 Å². The Morgan fingerprint density at radius 1 is 1.38 bits per heavy atom. The second-order valence-corrected chi connectivity index (χ2v) is 6.83. The van der Waals surface area contributed by atoms with Gasteiger partial charge >= 0.3 is 5.97 Å². The Labute approximate surface area is 148 Å². The van der Waals surface area contributed by atoms with Crippen LogP contribution < -0.4 is 5.73 Å². The average Bonchev–Trinajstić information content (AvgIpc) is 2.54. The summed E-state index contributed by atoms with van der Waals surface area (Å²) in [5.74, 6) is -1.03. The highest BCUT2D eigenvalue weighted by Crippen LogP contribution is 2.24. The minimum atomic E-state index is -1.21. The van der Waals surface area contributed by atoms with Crippen LogP contribution in [0.25, 0.3) is 5.57 Å². The van der Waals surface area contributed by atoms with E-state index in [9.17, 15) is 15.0 Å². The molecule has 0 spiro atoms. The molecule has 4 N–H and O–H groups in total. The van der Waals surface area contributed by atoms with Crippen LogP contribution in [-0.2, 0) is 11.2 Å². The molecule has 0 saturated carbocycles. The molecule has 2 atom stereocenters. The smallest absolute Gasteiger partial charge is 0.311 e. The lowest BCUT2D eigenvalue weighted by molar-refractivity contribution is -0.151. The van der Waals surface area contributed by atoms with Crippen LogP contribution in [-0.4, -0.2) is 28.8 Å². The average molecular weight is 352 g/mol. The molecule has 0 aliphatic carbocycles. The van der Waals surface area contributed by atoms with Crippen LogP contribution in [0.4, 0.5) is 0 Å². The first kappa shape index (κ1) is 20.4. The van der Waals surface area contributed by atoms with E-state index in [4.69, 9.17) is 17.3 Å². The third kappa shape index (κ3) is 5.78. The molecule has 0 aromatic heterocycles. The van der Waals surface area contributed by atoms with Gasteiger partial charge in [-0.25, -0.2) is 0 Å². The monoisotopic (exact) mass is 351 g/mol. The van der Waals surface area contributed by atoms with Gasteiger partial charge in [-0.1, -0.05) is 41.9 Å². The summed E-state index contributed by atoms with van der Waals surface area (Å²) in [6, 6.07) is 7.62. The summed E-state index contributed by atoms with van der Waals surface area (Å²) < 4.78 is 0. The lowest BCUT2D eigenvalue weighted by atomic mass is 9.83. The highest BCUT2D eigenvalue weighted by Gasteiger charge is 2.34. The number of carboxylic acids is 1. The van der Waals surface area contributed by atoms with E-state index in [2.05, 4.69) is 0 Å². The molecule has 0 radical (unpaired) electrons. The quantitative estimate of drug-likeness (QED) is 0.625. The number of carboxylic acid groups (broad SMARTS) is 1. The predicted octanol–water partition coefficient (Wildman–Crippen LogP) is 3.58. The van der Waals surface area contributed by atoms with Crippen molar-refractivity contribution in [3.8, 4) is 0 Å². The maximum Gasteiger partial charge on any atom is 0.311 e. The van der Waals surface area contributed by atoms with Gasteiger partial charge in [0.1, 0.15) is 0 Å². The van der Waals surface area contributed by atoms with E-state index in [-0.39, 0.29) is 12.5 Å². The third-order valence-corrected chi connectivity index (χ3v) is 4.44. The summed E-state index contributed by atoms with van der Waals surface area (Å²) in [4.78, 5) is 11.2. The molecule has 0 bridgehead atoms. The second-order valence-electron chi connectivity index (χ2n) is 6.39. The van der Waals surface area contributed by atoms with Gasteiger partial charge < -0.3 is 15.9 Å². The summed E-state index contributed by atoms with van der Waals surface area (Å²) in [5, 5.41) is 19.2. The number of aliphatic hydroxyl groups is 1. The minimum absolute atomic E-state index is 0.219. The Morgan fingerprint density at radius 3 is 2.42 bits per heavy atom. The van der Waals surface area contributed by atoms with E-state index in [1.807, 2.05) is 50.3 Å². The van der Waals surface area contributed by atoms with Crippen molar-refractivity contribution in [2.24, 2.45) is 11.1 Å². The molecule has 0 saturated heterocycles. The van der Waals surface area contributed by atoms with Crippen molar-refractivity contribution < 1.29 is 15.0 Å². The molecule has 132 valence electrons. The van der Waals surface area contributed by atoms with Crippen molar-refractivity contribution in [3.05, 3.63) is 52.6 Å². The highest BCUT2D eigenvalue weighted by atomic mass is 35.5. The van der Waals surface area contributed by atoms with Gasteiger partial charge in [0.05, 0.1) is 12.0 Å². The largest absolute Gasteiger partial charge is 0.481 e. The van der Waals surface area contributed by atoms with Crippen LogP contribution in [0.3, 0.4) is 0 Å². The zero-order valence-electron chi connectivity index (χ0n) is 14.4. The Hall–Kier alpha value is -1.62. The first-order chi connectivity index (χ1) is 11.2. The number of nitrogens with two attached hydrogens (primary N) is 1. The number of aliphatic carboxylic acids is 1. The van der Waals surface area contributed by atoms with Crippen molar-refractivity contribution in [2.75, 3.05) is 6.61 Å². The van der Waals surface area contributed by atoms with Crippen molar-refractivity contribution >= 4 is 23.1 Å². The zero-order valence-corrected chi connectivity index (χ0v) is 15.2. The molecule has 0 heterocycles. The molecule has 0 unspecified atom stereocenters. The number of carbonyl (C=O) groups is 1. The van der Waals surface area contributed by atoms with Crippen LogP contribution in [0.5, 0.6) is 0 Å². The number of aliphatic hydroxyl groups excluding tert-OH is 1. The lowest BCUT2D eigenvalue weighted by Crippen LogP contribution is -2.39. The molecule has 4 nitrogen and oxygen atoms in total. The Bertz CT molecular complexity index is 622. The van der Waals surface area contributed by atoms with Gasteiger partial charge in [0.25, 0.3) is 0 Å². The van der Waals surface area contributed by atoms with Crippen molar-refractivity contribution in [1.82, 2.24) is 0 Å². The normalized spacial score (nSPS) is 16.6. The lowest BCUT2D eigenvalue weighted by Gasteiger charge is -2.25. The van der Waals surface area contributed by atoms with E-state index in [1.165, 1.54) is 6.92 Å². The molecular weight excluding hydrogens is 326 g/mol. The molecule has 0 fully saturated rings. The maximum absolute atomic E-state index is 11.2. The molecule has 1 aromatic carbocycles. The number of halogens is 1. The Kier molecular flexibility index (Phi) is 7.67. The van der Waals surface area contributed by atoms with E-state index in [1.54, 1.807) is 0 Å². The van der Waals surface area contributed by atoms with Crippen LogP contribution in [0.2, 0.25) is 0 Å². The fourth-order valence-corrected chi connectivity index (χ4v) is 2.61. The molecule has 1 rings (SSSR count). The summed E-state index contributed by atoms with van der Waals surface area (Å²) in [7, 11) is 0. The van der Waals surface area contributed by atoms with Gasteiger partial charge in [-0.15, -0.1) is 0 Å². The number of allylic oxidation sites excluding steroid dienone is 4. The van der Waals surface area contributed by atoms with Gasteiger partial charge in [0.15, 0.2) is 0 Å². The number of benzene rings is 1. The first-order valence-electron chi connectivity index (χ1n) is 7.91. The van der Waals surface area contributed by atoms with Crippen LogP contribution in [0.1, 0.15) is 38.3 Å². The molecular formula is C19H26ClNO3. The van der Waals surface area contributed by atoms with Gasteiger partial charge in [0.2, 0.25) is 0 Å². The maximum atomic E-state index is 11.2. The van der Waals surface area contributed by atoms with E-state index in [0.717, 1.165) is 16.7 Å². The van der Waals surface area contributed by atoms with Crippen LogP contribution in [0, 0.1) is 5.41 Å². The standard InChI is InChI=1S/C19H26ClNO3/c1-4-16(20)9-13(2)15-7-5-14(6-8-15)10-17(21)11-19(3,12-22)18(23)24/h4-9,17,22H,10-12,21H2,1-3H3,(H,23,24)/b13-9+,16-4+/t17-,19+/m1/s1. The van der Waals surface area contributed by atoms with E-state index >= 15 is 0 Å². The second kappa shape index (κ2) is 9.02. The number of hydrogen-bond acceptors (Lipinski definition) is 3. The van der Waals surface area contributed by atoms with Gasteiger partial charge in [-0.05, 0) is 56.4 Å². The molecule has 5 heteroatoms. The zero-order chi connectivity index (χ0) is 18.3. The van der Waals surface area contributed by atoms with Crippen molar-refractivity contribution in [3.63, 3.8) is 0 Å². The minimum Gasteiger partial charge on any atom is -0.481 e. The molecule has 0 aliphatic rings. The van der Waals surface area contributed by atoms with Crippen LogP contribution in [0.15, 0.2) is 41.4 Å². The fraction of sp³-hybridized carbons (Fsp3) is 0.421. The molecule has 0 aliphatic heterocycles. The topological polar surface area (TPSA) is 83.5 Å². The van der Waals surface area contributed by atoms with Crippen LogP contribution >= 0.6 is 11.6 Å². The highest BCUT2D eigenvalue weighted by molar-refractivity contribution is 6.31. The summed E-state index contributed by atoms with van der Waals surface area (Å²) in [6.45, 7) is 4.96. The van der Waals surface area contributed by atoms with Crippen molar-refractivity contribution in [2.45, 2.75) is 39.7 Å². The summed E-state index contributed by atoms with van der Waals surface area (Å²) in [6.07, 6.45) is 4.51. The van der Waals surface area contributed by atoms with Crippen molar-refractivity contribution in [1.29, 1.82) is 0 Å². The number of hydrogen-bond donors (Lipinski definition) is 3. The fourth-order valence-electron chi connectivity index (χ4n) is 2.45. The molecule has 24 heavy (non-hydrogen) atoms. The van der Waals surface area contributed by atoms with E-state index < -0.39 is 18.0 Å². The van der Waals surface area contributed by atoms with E-state index in [0.29, 0.717) is 11.5 Å². The molecule has 0 amide bonds.